The predicted molar refractivity (Wildman–Crippen MR) is 89.4 cm³/mol. The average molecular weight is 308 g/mol. The Labute approximate surface area is 136 Å². The second-order valence-electron chi connectivity index (χ2n) is 6.68. The topological polar surface area (TPSA) is 49.3 Å². The van der Waals surface area contributed by atoms with Crippen molar-refractivity contribution in [2.24, 2.45) is 5.41 Å². The van der Waals surface area contributed by atoms with Gasteiger partial charge in [-0.25, -0.2) is 4.98 Å². The van der Waals surface area contributed by atoms with E-state index in [2.05, 4.69) is 27.9 Å². The Kier molecular flexibility index (Phi) is 3.29. The summed E-state index contributed by atoms with van der Waals surface area (Å²) < 4.78 is 0. The molecular formula is C18H20N4O. The zero-order valence-electron chi connectivity index (χ0n) is 13.3. The summed E-state index contributed by atoms with van der Waals surface area (Å²) in [5, 5.41) is 0. The molecule has 1 aromatic carbocycles. The van der Waals surface area contributed by atoms with E-state index in [1.165, 1.54) is 0 Å². The van der Waals surface area contributed by atoms with Crippen molar-refractivity contribution in [3.05, 3.63) is 48.4 Å². The third-order valence-electron chi connectivity index (χ3n) is 5.04. The summed E-state index contributed by atoms with van der Waals surface area (Å²) >= 11 is 0. The smallest absolute Gasteiger partial charge is 0.227 e. The number of nitrogens with zero attached hydrogens (tertiary/aromatic N) is 4. The van der Waals surface area contributed by atoms with Crippen molar-refractivity contribution < 1.29 is 4.79 Å². The minimum absolute atomic E-state index is 0.0386. The fourth-order valence-corrected chi connectivity index (χ4v) is 3.84. The van der Waals surface area contributed by atoms with Crippen LogP contribution in [0.15, 0.2) is 42.9 Å². The zero-order chi connectivity index (χ0) is 15.9. The maximum atomic E-state index is 12.6. The highest BCUT2D eigenvalue weighted by Crippen LogP contribution is 2.43. The van der Waals surface area contributed by atoms with Gasteiger partial charge in [0.05, 0.1) is 6.20 Å². The van der Waals surface area contributed by atoms with E-state index < -0.39 is 0 Å². The molecule has 0 radical (unpaired) electrons. The third kappa shape index (κ3) is 2.46. The Morgan fingerprint density at radius 3 is 2.83 bits per heavy atom. The molecule has 2 aliphatic rings. The summed E-state index contributed by atoms with van der Waals surface area (Å²) in [6, 6.07) is 8.12. The number of hydrogen-bond donors (Lipinski definition) is 0. The van der Waals surface area contributed by atoms with Crippen molar-refractivity contribution in [1.29, 1.82) is 0 Å². The van der Waals surface area contributed by atoms with Gasteiger partial charge in [0.2, 0.25) is 5.91 Å². The molecule has 2 fully saturated rings. The quantitative estimate of drug-likeness (QED) is 0.855. The van der Waals surface area contributed by atoms with Gasteiger partial charge in [-0.3, -0.25) is 9.78 Å². The lowest BCUT2D eigenvalue weighted by Crippen LogP contribution is -2.31. The van der Waals surface area contributed by atoms with Gasteiger partial charge in [-0.05, 0) is 25.0 Å². The molecule has 23 heavy (non-hydrogen) atoms. The molecule has 4 rings (SSSR count). The number of rotatable bonds is 2. The molecule has 118 valence electrons. The SMILES string of the molecule is Cc1ccccc1N1CC2(CCN(c3cnccn3)C2)CC1=O. The predicted octanol–water partition coefficient (Wildman–Crippen LogP) is 2.42. The lowest BCUT2D eigenvalue weighted by molar-refractivity contribution is -0.117. The number of benzene rings is 1. The standard InChI is InChI=1S/C18H20N4O/c1-14-4-2-3-5-15(14)22-13-18(10-17(22)23)6-9-21(12-18)16-11-19-7-8-20-16/h2-5,7-8,11H,6,9-10,12-13H2,1H3. The molecule has 1 amide bonds. The number of aromatic nitrogens is 2. The highest BCUT2D eigenvalue weighted by atomic mass is 16.2. The number of aryl methyl sites for hydroxylation is 1. The minimum atomic E-state index is 0.0386. The number of hydrogen-bond acceptors (Lipinski definition) is 4. The number of amides is 1. The van der Waals surface area contributed by atoms with Crippen molar-refractivity contribution in [2.75, 3.05) is 29.4 Å². The fourth-order valence-electron chi connectivity index (χ4n) is 3.84. The molecule has 0 bridgehead atoms. The van der Waals surface area contributed by atoms with Gasteiger partial charge in [-0.2, -0.15) is 0 Å². The van der Waals surface area contributed by atoms with Gasteiger partial charge in [0.1, 0.15) is 5.82 Å². The highest BCUT2D eigenvalue weighted by molar-refractivity contribution is 5.97. The number of carbonyl (C=O) groups excluding carboxylic acids is 1. The van der Waals surface area contributed by atoms with Crippen LogP contribution in [0.2, 0.25) is 0 Å². The second-order valence-corrected chi connectivity index (χ2v) is 6.68. The third-order valence-corrected chi connectivity index (χ3v) is 5.04. The van der Waals surface area contributed by atoms with E-state index >= 15 is 0 Å². The lowest BCUT2D eigenvalue weighted by atomic mass is 9.86. The number of carbonyl (C=O) groups is 1. The minimum Gasteiger partial charge on any atom is -0.355 e. The molecule has 1 aromatic heterocycles. The molecule has 0 aliphatic carbocycles. The molecule has 0 N–H and O–H groups in total. The normalized spacial score (nSPS) is 24.0. The van der Waals surface area contributed by atoms with Gasteiger partial charge in [-0.15, -0.1) is 0 Å². The molecule has 5 heteroatoms. The molecule has 1 unspecified atom stereocenters. The van der Waals surface area contributed by atoms with Crippen LogP contribution in [-0.4, -0.2) is 35.5 Å². The van der Waals surface area contributed by atoms with Crippen LogP contribution in [0.5, 0.6) is 0 Å². The second kappa shape index (κ2) is 5.33. The van der Waals surface area contributed by atoms with Gasteiger partial charge in [-0.1, -0.05) is 18.2 Å². The van der Waals surface area contributed by atoms with Gasteiger partial charge in [0, 0.05) is 49.6 Å². The van der Waals surface area contributed by atoms with Gasteiger partial charge in [0.25, 0.3) is 0 Å². The fraction of sp³-hybridized carbons (Fsp3) is 0.389. The molecule has 0 saturated carbocycles. The van der Waals surface area contributed by atoms with Crippen LogP contribution >= 0.6 is 0 Å². The largest absolute Gasteiger partial charge is 0.355 e. The van der Waals surface area contributed by atoms with Crippen LogP contribution in [0.25, 0.3) is 0 Å². The maximum absolute atomic E-state index is 12.6. The molecule has 1 spiro atoms. The first-order valence-electron chi connectivity index (χ1n) is 8.04. The molecule has 2 aromatic rings. The van der Waals surface area contributed by atoms with Crippen molar-refractivity contribution in [3.8, 4) is 0 Å². The molecule has 3 heterocycles. The Balaban J connectivity index is 1.56. The van der Waals surface area contributed by atoms with E-state index in [4.69, 9.17) is 0 Å². The van der Waals surface area contributed by atoms with Gasteiger partial charge >= 0.3 is 0 Å². The molecule has 2 aliphatic heterocycles. The zero-order valence-corrected chi connectivity index (χ0v) is 13.3. The van der Waals surface area contributed by atoms with Gasteiger partial charge in [0.15, 0.2) is 0 Å². The van der Waals surface area contributed by atoms with Crippen LogP contribution in [-0.2, 0) is 4.79 Å². The number of para-hydroxylation sites is 1. The van der Waals surface area contributed by atoms with E-state index in [1.54, 1.807) is 18.6 Å². The first kappa shape index (κ1) is 14.2. The Bertz CT molecular complexity index is 733. The van der Waals surface area contributed by atoms with Crippen molar-refractivity contribution in [3.63, 3.8) is 0 Å². The van der Waals surface area contributed by atoms with Crippen molar-refractivity contribution >= 4 is 17.4 Å². The van der Waals surface area contributed by atoms with Crippen LogP contribution in [0.1, 0.15) is 18.4 Å². The Morgan fingerprint density at radius 2 is 2.04 bits per heavy atom. The van der Waals surface area contributed by atoms with E-state index in [0.717, 1.165) is 43.1 Å². The van der Waals surface area contributed by atoms with Crippen LogP contribution < -0.4 is 9.80 Å². The summed E-state index contributed by atoms with van der Waals surface area (Å²) in [6.07, 6.45) is 6.86. The first-order chi connectivity index (χ1) is 11.2. The Morgan fingerprint density at radius 1 is 1.17 bits per heavy atom. The van der Waals surface area contributed by atoms with E-state index in [-0.39, 0.29) is 11.3 Å². The Hall–Kier alpha value is -2.43. The van der Waals surface area contributed by atoms with Crippen LogP contribution in [0.4, 0.5) is 11.5 Å². The van der Waals surface area contributed by atoms with E-state index in [1.807, 2.05) is 23.1 Å². The lowest BCUT2D eigenvalue weighted by Gasteiger charge is -2.25. The summed E-state index contributed by atoms with van der Waals surface area (Å²) in [6.45, 7) is 4.68. The summed E-state index contributed by atoms with van der Waals surface area (Å²) in [7, 11) is 0. The van der Waals surface area contributed by atoms with E-state index in [9.17, 15) is 4.79 Å². The summed E-state index contributed by atoms with van der Waals surface area (Å²) in [4.78, 5) is 25.4. The van der Waals surface area contributed by atoms with Crippen LogP contribution in [0.3, 0.4) is 0 Å². The summed E-state index contributed by atoms with van der Waals surface area (Å²) in [5.41, 5.74) is 2.24. The summed E-state index contributed by atoms with van der Waals surface area (Å²) in [5.74, 6) is 1.14. The first-order valence-corrected chi connectivity index (χ1v) is 8.04. The number of anilines is 2. The maximum Gasteiger partial charge on any atom is 0.227 e. The molecule has 2 saturated heterocycles. The molecular weight excluding hydrogens is 288 g/mol. The highest BCUT2D eigenvalue weighted by Gasteiger charge is 2.48. The molecule has 1 atom stereocenters. The van der Waals surface area contributed by atoms with Crippen LogP contribution in [0, 0.1) is 12.3 Å². The monoisotopic (exact) mass is 308 g/mol. The van der Waals surface area contributed by atoms with Crippen molar-refractivity contribution in [2.45, 2.75) is 19.8 Å². The molecule has 5 nitrogen and oxygen atoms in total. The average Bonchev–Trinajstić information content (AvgIpc) is 3.12. The van der Waals surface area contributed by atoms with Crippen molar-refractivity contribution in [1.82, 2.24) is 9.97 Å². The van der Waals surface area contributed by atoms with E-state index in [0.29, 0.717) is 6.42 Å². The van der Waals surface area contributed by atoms with Gasteiger partial charge < -0.3 is 9.80 Å².